The largest absolute Gasteiger partial charge is 0.349 e. The molecule has 0 atom stereocenters. The Labute approximate surface area is 72.0 Å². The van der Waals surface area contributed by atoms with Crippen LogP contribution in [0.2, 0.25) is 0 Å². The predicted molar refractivity (Wildman–Crippen MR) is 42.7 cm³/mol. The van der Waals surface area contributed by atoms with E-state index < -0.39 is 5.79 Å². The van der Waals surface area contributed by atoms with Crippen LogP contribution in [0.1, 0.15) is 26.7 Å². The lowest BCUT2D eigenvalue weighted by atomic mass is 9.68. The van der Waals surface area contributed by atoms with Crippen molar-refractivity contribution in [3.05, 3.63) is 0 Å². The smallest absolute Gasteiger partial charge is 0.162 e. The van der Waals surface area contributed by atoms with Crippen molar-refractivity contribution >= 4 is 5.78 Å². The molecule has 1 aliphatic carbocycles. The fraction of sp³-hybridized carbons (Fsp3) is 0.889. The van der Waals surface area contributed by atoms with E-state index in [1.807, 2.05) is 13.8 Å². The quantitative estimate of drug-likeness (QED) is 0.546. The van der Waals surface area contributed by atoms with E-state index in [2.05, 4.69) is 0 Å². The van der Waals surface area contributed by atoms with Gasteiger partial charge in [-0.2, -0.15) is 0 Å². The van der Waals surface area contributed by atoms with Gasteiger partial charge in [-0.25, -0.2) is 0 Å². The topological polar surface area (TPSA) is 35.5 Å². The molecule has 1 spiro atoms. The van der Waals surface area contributed by atoms with Crippen LogP contribution in [0, 0.1) is 5.41 Å². The Hall–Kier alpha value is -0.410. The van der Waals surface area contributed by atoms with E-state index in [-0.39, 0.29) is 5.41 Å². The van der Waals surface area contributed by atoms with Crippen LogP contribution in [0.3, 0.4) is 0 Å². The van der Waals surface area contributed by atoms with Gasteiger partial charge in [-0.1, -0.05) is 0 Å². The molecule has 2 rings (SSSR count). The lowest BCUT2D eigenvalue weighted by Crippen LogP contribution is -2.55. The van der Waals surface area contributed by atoms with Crippen molar-refractivity contribution in [3.8, 4) is 0 Å². The maximum Gasteiger partial charge on any atom is 0.162 e. The number of rotatable bonds is 0. The van der Waals surface area contributed by atoms with Gasteiger partial charge in [0.25, 0.3) is 0 Å². The molecule has 0 aromatic heterocycles. The second-order valence-corrected chi connectivity index (χ2v) is 4.18. The van der Waals surface area contributed by atoms with Gasteiger partial charge in [0.1, 0.15) is 5.78 Å². The van der Waals surface area contributed by atoms with Crippen LogP contribution in [0.25, 0.3) is 0 Å². The van der Waals surface area contributed by atoms with Gasteiger partial charge in [0.05, 0.1) is 18.6 Å². The minimum atomic E-state index is -0.499. The Balaban J connectivity index is 2.03. The van der Waals surface area contributed by atoms with E-state index in [1.54, 1.807) is 0 Å². The lowest BCUT2D eigenvalue weighted by Gasteiger charge is -2.47. The summed E-state index contributed by atoms with van der Waals surface area (Å²) in [6.45, 7) is 4.84. The maximum atomic E-state index is 11.3. The number of carbonyl (C=O) groups excluding carboxylic acids is 1. The molecule has 1 saturated heterocycles. The van der Waals surface area contributed by atoms with Crippen LogP contribution >= 0.6 is 0 Å². The van der Waals surface area contributed by atoms with Gasteiger partial charge in [0.2, 0.25) is 0 Å². The highest BCUT2D eigenvalue weighted by Crippen LogP contribution is 2.42. The Morgan fingerprint density at radius 2 is 1.83 bits per heavy atom. The molecule has 2 fully saturated rings. The summed E-state index contributed by atoms with van der Waals surface area (Å²) in [6.07, 6.45) is 1.63. The summed E-state index contributed by atoms with van der Waals surface area (Å²) >= 11 is 0. The number of Topliss-reactive ketones (excluding diaryl/α,β-unsaturated/α-hetero) is 1. The Morgan fingerprint density at radius 1 is 1.25 bits per heavy atom. The minimum absolute atomic E-state index is 0.268. The highest BCUT2D eigenvalue weighted by Gasteiger charge is 2.50. The third kappa shape index (κ3) is 1.08. The molecule has 3 nitrogen and oxygen atoms in total. The molecule has 1 aliphatic heterocycles. The van der Waals surface area contributed by atoms with Crippen LogP contribution < -0.4 is 0 Å². The number of hydrogen-bond acceptors (Lipinski definition) is 3. The monoisotopic (exact) mass is 170 g/mol. The van der Waals surface area contributed by atoms with Crippen LogP contribution in [-0.2, 0) is 14.3 Å². The van der Waals surface area contributed by atoms with Gasteiger partial charge in [0, 0.05) is 6.42 Å². The molecule has 0 bridgehead atoms. The van der Waals surface area contributed by atoms with Crippen LogP contribution in [-0.4, -0.2) is 24.8 Å². The van der Waals surface area contributed by atoms with Crippen LogP contribution in [0.5, 0.6) is 0 Å². The maximum absolute atomic E-state index is 11.3. The van der Waals surface area contributed by atoms with Crippen molar-refractivity contribution in [1.82, 2.24) is 0 Å². The minimum Gasteiger partial charge on any atom is -0.349 e. The summed E-state index contributed by atoms with van der Waals surface area (Å²) in [4.78, 5) is 11.3. The first-order chi connectivity index (χ1) is 5.54. The fourth-order valence-electron chi connectivity index (χ4n) is 1.59. The van der Waals surface area contributed by atoms with Crippen molar-refractivity contribution in [2.45, 2.75) is 32.5 Å². The number of ether oxygens (including phenoxy) is 2. The second kappa shape index (κ2) is 2.30. The zero-order valence-corrected chi connectivity index (χ0v) is 7.55. The Kier molecular flexibility index (Phi) is 1.57. The third-order valence-corrected chi connectivity index (χ3v) is 2.81. The highest BCUT2D eigenvalue weighted by molar-refractivity contribution is 5.90. The first-order valence-electron chi connectivity index (χ1n) is 4.35. The van der Waals surface area contributed by atoms with Gasteiger partial charge in [-0.05, 0) is 20.3 Å². The lowest BCUT2D eigenvalue weighted by molar-refractivity contribution is -0.286. The van der Waals surface area contributed by atoms with Gasteiger partial charge < -0.3 is 9.47 Å². The Morgan fingerprint density at radius 3 is 2.17 bits per heavy atom. The first-order valence-corrected chi connectivity index (χ1v) is 4.35. The van der Waals surface area contributed by atoms with Gasteiger partial charge in [-0.15, -0.1) is 0 Å². The zero-order chi connectivity index (χ0) is 8.82. The molecule has 0 N–H and O–H groups in total. The SMILES string of the molecule is CC1(C)OCC2(CCC2=O)CO1. The molecule has 0 aromatic rings. The Bertz CT molecular complexity index is 210. The standard InChI is InChI=1S/C9H14O3/c1-8(2)11-5-9(6-12-8)4-3-7(9)10/h3-6H2,1-2H3. The molecular formula is C9H14O3. The summed E-state index contributed by atoms with van der Waals surface area (Å²) in [5.41, 5.74) is -0.268. The number of carbonyl (C=O) groups is 1. The molecular weight excluding hydrogens is 156 g/mol. The summed E-state index contributed by atoms with van der Waals surface area (Å²) in [5, 5.41) is 0. The van der Waals surface area contributed by atoms with Crippen molar-refractivity contribution in [2.75, 3.05) is 13.2 Å². The molecule has 12 heavy (non-hydrogen) atoms. The molecule has 0 radical (unpaired) electrons. The molecule has 1 saturated carbocycles. The molecule has 2 aliphatic rings. The van der Waals surface area contributed by atoms with Crippen molar-refractivity contribution in [1.29, 1.82) is 0 Å². The molecule has 68 valence electrons. The van der Waals surface area contributed by atoms with E-state index in [0.29, 0.717) is 25.4 Å². The van der Waals surface area contributed by atoms with Crippen molar-refractivity contribution < 1.29 is 14.3 Å². The van der Waals surface area contributed by atoms with Gasteiger partial charge >= 0.3 is 0 Å². The molecule has 0 unspecified atom stereocenters. The normalized spacial score (nSPS) is 31.7. The second-order valence-electron chi connectivity index (χ2n) is 4.18. The van der Waals surface area contributed by atoms with Crippen molar-refractivity contribution in [2.24, 2.45) is 5.41 Å². The van der Waals surface area contributed by atoms with E-state index in [0.717, 1.165) is 6.42 Å². The molecule has 1 heterocycles. The summed E-state index contributed by atoms with van der Waals surface area (Å²) in [5.74, 6) is -0.195. The van der Waals surface area contributed by atoms with Gasteiger partial charge in [0.15, 0.2) is 5.79 Å². The van der Waals surface area contributed by atoms with E-state index in [1.165, 1.54) is 0 Å². The molecule has 3 heteroatoms. The predicted octanol–water partition coefficient (Wildman–Crippen LogP) is 1.12. The third-order valence-electron chi connectivity index (χ3n) is 2.81. The zero-order valence-electron chi connectivity index (χ0n) is 7.55. The first kappa shape index (κ1) is 8.20. The van der Waals surface area contributed by atoms with E-state index in [9.17, 15) is 4.79 Å². The summed E-state index contributed by atoms with van der Waals surface area (Å²) in [7, 11) is 0. The molecule has 0 amide bonds. The average molecular weight is 170 g/mol. The van der Waals surface area contributed by atoms with E-state index in [4.69, 9.17) is 9.47 Å². The summed E-state index contributed by atoms with van der Waals surface area (Å²) < 4.78 is 10.9. The fourth-order valence-corrected chi connectivity index (χ4v) is 1.59. The summed E-state index contributed by atoms with van der Waals surface area (Å²) in [6, 6.07) is 0. The number of hydrogen-bond donors (Lipinski definition) is 0. The number of ketones is 1. The van der Waals surface area contributed by atoms with Gasteiger partial charge in [-0.3, -0.25) is 4.79 Å². The van der Waals surface area contributed by atoms with Crippen LogP contribution in [0.4, 0.5) is 0 Å². The van der Waals surface area contributed by atoms with Crippen LogP contribution in [0.15, 0.2) is 0 Å². The highest BCUT2D eigenvalue weighted by atomic mass is 16.7. The average Bonchev–Trinajstić information content (AvgIpc) is 2.02. The molecule has 0 aromatic carbocycles. The van der Waals surface area contributed by atoms with Crippen molar-refractivity contribution in [3.63, 3.8) is 0 Å². The van der Waals surface area contributed by atoms with E-state index >= 15 is 0 Å².